The third-order valence-corrected chi connectivity index (χ3v) is 5.02. The Labute approximate surface area is 158 Å². The van der Waals surface area contributed by atoms with Gasteiger partial charge in [-0.1, -0.05) is 35.9 Å². The fourth-order valence-electron chi connectivity index (χ4n) is 3.58. The summed E-state index contributed by atoms with van der Waals surface area (Å²) in [5.74, 6) is -0.763. The molecule has 0 fully saturated rings. The van der Waals surface area contributed by atoms with Crippen LogP contribution < -0.4 is 4.90 Å². The number of Topliss-reactive ketones (excluding diaryl/α,β-unsaturated/α-hetero) is 1. The Hall–Kier alpha value is -2.97. The van der Waals surface area contributed by atoms with E-state index in [4.69, 9.17) is 5.26 Å². The van der Waals surface area contributed by atoms with Gasteiger partial charge in [-0.2, -0.15) is 5.26 Å². The summed E-state index contributed by atoms with van der Waals surface area (Å²) in [5.41, 5.74) is 1.47. The molecule has 1 amide bonds. The van der Waals surface area contributed by atoms with E-state index in [1.54, 1.807) is 30.3 Å². The number of benzene rings is 2. The molecule has 0 spiro atoms. The number of hydrogen-bond acceptors (Lipinski definition) is 4. The summed E-state index contributed by atoms with van der Waals surface area (Å²) in [6.45, 7) is 4.08. The zero-order chi connectivity index (χ0) is 19.6. The van der Waals surface area contributed by atoms with E-state index in [2.05, 4.69) is 6.07 Å². The highest BCUT2D eigenvalue weighted by Crippen LogP contribution is 2.43. The molecule has 0 aliphatic carbocycles. The molecule has 5 heteroatoms. The molecule has 1 heterocycles. The summed E-state index contributed by atoms with van der Waals surface area (Å²) in [4.78, 5) is 27.5. The molecule has 1 N–H and O–H groups in total. The van der Waals surface area contributed by atoms with Gasteiger partial charge >= 0.3 is 0 Å². The minimum atomic E-state index is -1.88. The first-order valence-corrected chi connectivity index (χ1v) is 8.99. The molecule has 5 nitrogen and oxygen atoms in total. The van der Waals surface area contributed by atoms with Crippen molar-refractivity contribution in [2.45, 2.75) is 38.7 Å². The molecule has 27 heavy (non-hydrogen) atoms. The standard InChI is InChI=1S/C22H22N2O3/c1-15-9-10-16(2)17(13-15)20(25)14-22(27)18-7-3-4-8-19(18)24(21(22)26)12-6-5-11-23/h3-4,7-10,13,27H,5-6,12,14H2,1-2H3/t22-/m1/s1. The number of nitrogens with zero attached hydrogens (tertiary/aromatic N) is 2. The molecule has 0 unspecified atom stereocenters. The number of aliphatic hydroxyl groups is 1. The summed E-state index contributed by atoms with van der Waals surface area (Å²) in [6, 6.07) is 14.6. The van der Waals surface area contributed by atoms with Crippen molar-refractivity contribution >= 4 is 17.4 Å². The highest BCUT2D eigenvalue weighted by molar-refractivity contribution is 6.11. The predicted octanol–water partition coefficient (Wildman–Crippen LogP) is 3.41. The summed E-state index contributed by atoms with van der Waals surface area (Å²) in [6.07, 6.45) is 0.533. The fraction of sp³-hybridized carbons (Fsp3) is 0.318. The van der Waals surface area contributed by atoms with Crippen molar-refractivity contribution in [2.24, 2.45) is 0 Å². The molecule has 138 valence electrons. The van der Waals surface area contributed by atoms with E-state index in [-0.39, 0.29) is 12.2 Å². The maximum atomic E-state index is 13.0. The van der Waals surface area contributed by atoms with Gasteiger partial charge in [-0.3, -0.25) is 9.59 Å². The van der Waals surface area contributed by atoms with Crippen LogP contribution in [-0.4, -0.2) is 23.3 Å². The molecular weight excluding hydrogens is 340 g/mol. The third kappa shape index (κ3) is 3.36. The average Bonchev–Trinajstić information content (AvgIpc) is 2.86. The number of nitriles is 1. The highest BCUT2D eigenvalue weighted by atomic mass is 16.3. The second kappa shape index (κ2) is 7.34. The van der Waals surface area contributed by atoms with Gasteiger partial charge in [-0.05, 0) is 38.0 Å². The van der Waals surface area contributed by atoms with E-state index >= 15 is 0 Å². The number of carbonyl (C=O) groups excluding carboxylic acids is 2. The Kier molecular flexibility index (Phi) is 5.11. The summed E-state index contributed by atoms with van der Waals surface area (Å²) in [7, 11) is 0. The lowest BCUT2D eigenvalue weighted by Gasteiger charge is -2.23. The number of anilines is 1. The van der Waals surface area contributed by atoms with Gasteiger partial charge in [0.05, 0.1) is 18.2 Å². The van der Waals surface area contributed by atoms with Crippen molar-refractivity contribution in [1.29, 1.82) is 5.26 Å². The second-order valence-corrected chi connectivity index (χ2v) is 7.01. The summed E-state index contributed by atoms with van der Waals surface area (Å²) < 4.78 is 0. The molecule has 1 aliphatic heterocycles. The number of ketones is 1. The third-order valence-electron chi connectivity index (χ3n) is 5.02. The molecule has 2 aromatic carbocycles. The number of rotatable bonds is 6. The van der Waals surface area contributed by atoms with Crippen molar-refractivity contribution in [3.63, 3.8) is 0 Å². The minimum Gasteiger partial charge on any atom is -0.375 e. The Morgan fingerprint density at radius 2 is 1.96 bits per heavy atom. The van der Waals surface area contributed by atoms with Gasteiger partial charge in [-0.25, -0.2) is 0 Å². The second-order valence-electron chi connectivity index (χ2n) is 7.01. The monoisotopic (exact) mass is 362 g/mol. The van der Waals surface area contributed by atoms with E-state index in [9.17, 15) is 14.7 Å². The Morgan fingerprint density at radius 3 is 2.70 bits per heavy atom. The lowest BCUT2D eigenvalue weighted by Crippen LogP contribution is -2.42. The van der Waals surface area contributed by atoms with Gasteiger partial charge in [0.2, 0.25) is 0 Å². The number of hydrogen-bond donors (Lipinski definition) is 1. The number of amides is 1. The zero-order valence-electron chi connectivity index (χ0n) is 15.5. The van der Waals surface area contributed by atoms with Gasteiger partial charge in [0.15, 0.2) is 11.4 Å². The first-order chi connectivity index (χ1) is 12.9. The largest absolute Gasteiger partial charge is 0.375 e. The lowest BCUT2D eigenvalue weighted by atomic mass is 9.87. The topological polar surface area (TPSA) is 81.4 Å². The van der Waals surface area contributed by atoms with E-state index in [1.165, 1.54) is 4.90 Å². The van der Waals surface area contributed by atoms with E-state index in [0.717, 1.165) is 11.1 Å². The van der Waals surface area contributed by atoms with Crippen LogP contribution in [0.25, 0.3) is 0 Å². The highest BCUT2D eigenvalue weighted by Gasteiger charge is 2.50. The average molecular weight is 362 g/mol. The van der Waals surface area contributed by atoms with E-state index in [1.807, 2.05) is 26.0 Å². The maximum absolute atomic E-state index is 13.0. The van der Waals surface area contributed by atoms with Crippen LogP contribution in [0.3, 0.4) is 0 Å². The summed E-state index contributed by atoms with van der Waals surface area (Å²) >= 11 is 0. The zero-order valence-corrected chi connectivity index (χ0v) is 15.5. The van der Waals surface area contributed by atoms with Crippen LogP contribution in [0.4, 0.5) is 5.69 Å². The van der Waals surface area contributed by atoms with Crippen molar-refractivity contribution < 1.29 is 14.7 Å². The number of unbranched alkanes of at least 4 members (excludes halogenated alkanes) is 1. The van der Waals surface area contributed by atoms with Crippen LogP contribution in [0.1, 0.15) is 46.3 Å². The smallest absolute Gasteiger partial charge is 0.264 e. The molecule has 0 saturated carbocycles. The summed E-state index contributed by atoms with van der Waals surface area (Å²) in [5, 5.41) is 20.0. The van der Waals surface area contributed by atoms with Gasteiger partial charge in [0, 0.05) is 24.1 Å². The van der Waals surface area contributed by atoms with Crippen LogP contribution in [0.15, 0.2) is 42.5 Å². The number of fused-ring (bicyclic) bond motifs is 1. The molecule has 0 aromatic heterocycles. The van der Waals surface area contributed by atoms with E-state index in [0.29, 0.717) is 36.2 Å². The van der Waals surface area contributed by atoms with Crippen LogP contribution in [-0.2, 0) is 10.4 Å². The first-order valence-electron chi connectivity index (χ1n) is 8.99. The molecule has 0 radical (unpaired) electrons. The number of para-hydroxylation sites is 1. The Balaban J connectivity index is 1.94. The van der Waals surface area contributed by atoms with Crippen molar-refractivity contribution in [2.75, 3.05) is 11.4 Å². The van der Waals surface area contributed by atoms with Gasteiger partial charge in [0.25, 0.3) is 5.91 Å². The molecule has 1 aliphatic rings. The molecule has 1 atom stereocenters. The fourth-order valence-corrected chi connectivity index (χ4v) is 3.58. The van der Waals surface area contributed by atoms with Crippen molar-refractivity contribution in [3.8, 4) is 6.07 Å². The Morgan fingerprint density at radius 1 is 1.22 bits per heavy atom. The van der Waals surface area contributed by atoms with Gasteiger partial charge in [-0.15, -0.1) is 0 Å². The van der Waals surface area contributed by atoms with Crippen LogP contribution >= 0.6 is 0 Å². The first kappa shape index (κ1) is 18.8. The molecule has 0 saturated heterocycles. The van der Waals surface area contributed by atoms with Gasteiger partial charge < -0.3 is 10.0 Å². The molecule has 3 rings (SSSR count). The molecular formula is C22H22N2O3. The molecule has 0 bridgehead atoms. The van der Waals surface area contributed by atoms with Crippen molar-refractivity contribution in [3.05, 3.63) is 64.7 Å². The number of aryl methyl sites for hydroxylation is 2. The maximum Gasteiger partial charge on any atom is 0.264 e. The number of carbonyl (C=O) groups is 2. The predicted molar refractivity (Wildman–Crippen MR) is 102 cm³/mol. The van der Waals surface area contributed by atoms with Crippen molar-refractivity contribution in [1.82, 2.24) is 0 Å². The Bertz CT molecular complexity index is 945. The lowest BCUT2D eigenvalue weighted by molar-refractivity contribution is -0.135. The van der Waals surface area contributed by atoms with Gasteiger partial charge in [0.1, 0.15) is 0 Å². The van der Waals surface area contributed by atoms with Crippen LogP contribution in [0.2, 0.25) is 0 Å². The SMILES string of the molecule is Cc1ccc(C)c(C(=O)C[C@]2(O)C(=O)N(CCCC#N)c3ccccc32)c1. The molecule has 2 aromatic rings. The quantitative estimate of drug-likeness (QED) is 0.631. The minimum absolute atomic E-state index is 0.263. The normalized spacial score (nSPS) is 18.3. The van der Waals surface area contributed by atoms with E-state index < -0.39 is 11.5 Å². The van der Waals surface area contributed by atoms with Crippen LogP contribution in [0, 0.1) is 25.2 Å². The van der Waals surface area contributed by atoms with Crippen LogP contribution in [0.5, 0.6) is 0 Å².